The Labute approximate surface area is 136 Å². The Morgan fingerprint density at radius 2 is 2.13 bits per heavy atom. The van der Waals surface area contributed by atoms with Crippen molar-refractivity contribution in [2.45, 2.75) is 31.9 Å². The van der Waals surface area contributed by atoms with Crippen LogP contribution in [-0.4, -0.2) is 35.9 Å². The molecule has 1 N–H and O–H groups in total. The fraction of sp³-hybridized carbons (Fsp3) is 0.467. The predicted octanol–water partition coefficient (Wildman–Crippen LogP) is 2.89. The van der Waals surface area contributed by atoms with E-state index in [1.54, 1.807) is 4.90 Å². The van der Waals surface area contributed by atoms with Gasteiger partial charge >= 0.3 is 6.61 Å². The number of carbonyl (C=O) groups is 2. The van der Waals surface area contributed by atoms with Crippen LogP contribution in [0.1, 0.15) is 19.3 Å². The maximum Gasteiger partial charge on any atom is 0.387 e. The Balaban J connectivity index is 1.61. The monoisotopic (exact) mass is 344 g/mol. The number of hydrogen-bond acceptors (Lipinski definition) is 3. The van der Waals surface area contributed by atoms with E-state index in [9.17, 15) is 18.4 Å². The van der Waals surface area contributed by atoms with Gasteiger partial charge in [0.15, 0.2) is 0 Å². The van der Waals surface area contributed by atoms with E-state index in [4.69, 9.17) is 11.6 Å². The van der Waals surface area contributed by atoms with Gasteiger partial charge in [-0.15, -0.1) is 0 Å². The SMILES string of the molecule is O=C(Nc1ccc(OC(F)F)c(Cl)c1)[C@H]1CC(=O)N(C2CC2)C1. The van der Waals surface area contributed by atoms with Gasteiger partial charge in [0, 0.05) is 24.7 Å². The number of rotatable bonds is 5. The molecule has 5 nitrogen and oxygen atoms in total. The lowest BCUT2D eigenvalue weighted by Crippen LogP contribution is -2.29. The van der Waals surface area contributed by atoms with Crippen molar-refractivity contribution >= 4 is 29.1 Å². The molecule has 1 heterocycles. The summed E-state index contributed by atoms with van der Waals surface area (Å²) in [6.45, 7) is -2.54. The number of carbonyl (C=O) groups excluding carboxylic acids is 2. The lowest BCUT2D eigenvalue weighted by Gasteiger charge is -2.15. The highest BCUT2D eigenvalue weighted by molar-refractivity contribution is 6.32. The Morgan fingerprint density at radius 3 is 2.74 bits per heavy atom. The van der Waals surface area contributed by atoms with Crippen LogP contribution in [0.2, 0.25) is 5.02 Å². The fourth-order valence-corrected chi connectivity index (χ4v) is 2.89. The second kappa shape index (κ2) is 6.31. The molecule has 2 aliphatic rings. The van der Waals surface area contributed by atoms with Gasteiger partial charge in [-0.2, -0.15) is 8.78 Å². The summed E-state index contributed by atoms with van der Waals surface area (Å²) in [5, 5.41) is 2.64. The number of likely N-dealkylation sites (tertiary alicyclic amines) is 1. The number of benzene rings is 1. The molecule has 8 heteroatoms. The number of alkyl halides is 2. The molecule has 0 radical (unpaired) electrons. The summed E-state index contributed by atoms with van der Waals surface area (Å²) in [5.74, 6) is -0.832. The standard InChI is InChI=1S/C15H15ClF2N2O3/c16-11-6-9(1-4-12(11)23-15(17)18)19-14(22)8-5-13(21)20(7-8)10-2-3-10/h1,4,6,8,10,15H,2-3,5,7H2,(H,19,22)/t8-/m0/s1. The molecule has 23 heavy (non-hydrogen) atoms. The molecule has 124 valence electrons. The first-order valence-corrected chi connectivity index (χ1v) is 7.66. The van der Waals surface area contributed by atoms with E-state index in [0.29, 0.717) is 18.3 Å². The van der Waals surface area contributed by atoms with Gasteiger partial charge in [0.2, 0.25) is 11.8 Å². The Kier molecular flexibility index (Phi) is 4.39. The molecule has 1 saturated carbocycles. The number of amides is 2. The first kappa shape index (κ1) is 16.0. The summed E-state index contributed by atoms with van der Waals surface area (Å²) in [7, 11) is 0. The average Bonchev–Trinajstić information content (AvgIpc) is 3.24. The fourth-order valence-electron chi connectivity index (χ4n) is 2.66. The summed E-state index contributed by atoms with van der Waals surface area (Å²) in [6.07, 6.45) is 2.20. The first-order valence-electron chi connectivity index (χ1n) is 7.28. The van der Waals surface area contributed by atoms with Crippen LogP contribution in [0.15, 0.2) is 18.2 Å². The highest BCUT2D eigenvalue weighted by atomic mass is 35.5. The van der Waals surface area contributed by atoms with Crippen molar-refractivity contribution in [1.82, 2.24) is 4.90 Å². The molecule has 1 aliphatic heterocycles. The minimum atomic E-state index is -2.97. The molecule has 2 amide bonds. The van der Waals surface area contributed by atoms with E-state index in [0.717, 1.165) is 12.8 Å². The largest absolute Gasteiger partial charge is 0.433 e. The highest BCUT2D eigenvalue weighted by Crippen LogP contribution is 2.33. The zero-order valence-corrected chi connectivity index (χ0v) is 12.9. The van der Waals surface area contributed by atoms with Crippen molar-refractivity contribution in [3.05, 3.63) is 23.2 Å². The van der Waals surface area contributed by atoms with E-state index in [-0.39, 0.29) is 29.0 Å². The number of anilines is 1. The Morgan fingerprint density at radius 1 is 1.39 bits per heavy atom. The van der Waals surface area contributed by atoms with E-state index in [1.807, 2.05) is 0 Å². The van der Waals surface area contributed by atoms with Crippen molar-refractivity contribution in [2.24, 2.45) is 5.92 Å². The minimum absolute atomic E-state index is 0.00589. The first-order chi connectivity index (χ1) is 10.9. The molecule has 1 atom stereocenters. The van der Waals surface area contributed by atoms with Crippen molar-refractivity contribution < 1.29 is 23.1 Å². The quantitative estimate of drug-likeness (QED) is 0.893. The van der Waals surface area contributed by atoms with Crippen molar-refractivity contribution in [1.29, 1.82) is 0 Å². The maximum absolute atomic E-state index is 12.2. The summed E-state index contributed by atoms with van der Waals surface area (Å²) in [5.41, 5.74) is 0.374. The van der Waals surface area contributed by atoms with Gasteiger partial charge in [0.25, 0.3) is 0 Å². The van der Waals surface area contributed by atoms with Gasteiger partial charge < -0.3 is 15.0 Å². The average molecular weight is 345 g/mol. The zero-order chi connectivity index (χ0) is 16.6. The minimum Gasteiger partial charge on any atom is -0.433 e. The van der Waals surface area contributed by atoms with Crippen LogP contribution in [0.3, 0.4) is 0 Å². The zero-order valence-electron chi connectivity index (χ0n) is 12.1. The van der Waals surface area contributed by atoms with E-state index in [2.05, 4.69) is 10.1 Å². The van der Waals surface area contributed by atoms with Crippen molar-refractivity contribution in [3.8, 4) is 5.75 Å². The lowest BCUT2D eigenvalue weighted by molar-refractivity contribution is -0.128. The number of nitrogens with zero attached hydrogens (tertiary/aromatic N) is 1. The third kappa shape index (κ3) is 3.72. The summed E-state index contributed by atoms with van der Waals surface area (Å²) < 4.78 is 28.6. The molecule has 3 rings (SSSR count). The van der Waals surface area contributed by atoms with Crippen LogP contribution in [-0.2, 0) is 9.59 Å². The van der Waals surface area contributed by atoms with Gasteiger partial charge in [0.05, 0.1) is 10.9 Å². The molecule has 2 fully saturated rings. The molecule has 1 aromatic rings. The summed E-state index contributed by atoms with van der Waals surface area (Å²) >= 11 is 5.84. The second-order valence-electron chi connectivity index (χ2n) is 5.69. The van der Waals surface area contributed by atoms with Crippen LogP contribution in [0, 0.1) is 5.92 Å². The third-order valence-electron chi connectivity index (χ3n) is 3.93. The van der Waals surface area contributed by atoms with Gasteiger partial charge in [-0.05, 0) is 31.0 Å². The van der Waals surface area contributed by atoms with E-state index >= 15 is 0 Å². The molecule has 0 aromatic heterocycles. The van der Waals surface area contributed by atoms with Crippen LogP contribution < -0.4 is 10.1 Å². The van der Waals surface area contributed by atoms with Crippen molar-refractivity contribution in [3.63, 3.8) is 0 Å². The third-order valence-corrected chi connectivity index (χ3v) is 4.23. The van der Waals surface area contributed by atoms with Gasteiger partial charge in [-0.3, -0.25) is 9.59 Å². The van der Waals surface area contributed by atoms with Gasteiger partial charge in [-0.1, -0.05) is 11.6 Å². The molecule has 1 aromatic carbocycles. The lowest BCUT2D eigenvalue weighted by atomic mass is 10.1. The van der Waals surface area contributed by atoms with Crippen LogP contribution in [0.5, 0.6) is 5.75 Å². The predicted molar refractivity (Wildman–Crippen MR) is 79.6 cm³/mol. The normalized spacial score (nSPS) is 21.0. The summed E-state index contributed by atoms with van der Waals surface area (Å²) in [6, 6.07) is 4.32. The number of halogens is 3. The maximum atomic E-state index is 12.2. The van der Waals surface area contributed by atoms with E-state index < -0.39 is 12.5 Å². The Bertz CT molecular complexity index is 637. The smallest absolute Gasteiger partial charge is 0.387 e. The number of ether oxygens (including phenoxy) is 1. The topological polar surface area (TPSA) is 58.6 Å². The summed E-state index contributed by atoms with van der Waals surface area (Å²) in [4.78, 5) is 25.9. The van der Waals surface area contributed by atoms with Crippen LogP contribution in [0.25, 0.3) is 0 Å². The van der Waals surface area contributed by atoms with Crippen molar-refractivity contribution in [2.75, 3.05) is 11.9 Å². The second-order valence-corrected chi connectivity index (χ2v) is 6.10. The molecule has 0 bridgehead atoms. The molecule has 1 aliphatic carbocycles. The molecular weight excluding hydrogens is 330 g/mol. The number of nitrogens with one attached hydrogen (secondary N) is 1. The number of hydrogen-bond donors (Lipinski definition) is 1. The molecule has 0 spiro atoms. The van der Waals surface area contributed by atoms with Crippen LogP contribution in [0.4, 0.5) is 14.5 Å². The van der Waals surface area contributed by atoms with E-state index in [1.165, 1.54) is 18.2 Å². The molecule has 1 saturated heterocycles. The van der Waals surface area contributed by atoms with Crippen LogP contribution >= 0.6 is 11.6 Å². The highest BCUT2D eigenvalue weighted by Gasteiger charge is 2.41. The van der Waals surface area contributed by atoms with Gasteiger partial charge in [-0.25, -0.2) is 0 Å². The molecular formula is C15H15ClF2N2O3. The Hall–Kier alpha value is -1.89. The van der Waals surface area contributed by atoms with Gasteiger partial charge in [0.1, 0.15) is 5.75 Å². The molecule has 0 unspecified atom stereocenters.